The summed E-state index contributed by atoms with van der Waals surface area (Å²) in [7, 11) is 0. The lowest BCUT2D eigenvalue weighted by molar-refractivity contribution is 0.619. The Hall–Kier alpha value is -7.72. The van der Waals surface area contributed by atoms with Gasteiger partial charge in [0.1, 0.15) is 11.0 Å². The van der Waals surface area contributed by atoms with Crippen molar-refractivity contribution in [2.45, 2.75) is 6.92 Å². The third kappa shape index (κ3) is 6.71. The van der Waals surface area contributed by atoms with Crippen LogP contribution in [0.2, 0.25) is 0 Å². The van der Waals surface area contributed by atoms with Crippen molar-refractivity contribution in [3.8, 4) is 68.5 Å². The molecule has 0 aliphatic carbocycles. The molecule has 5 aromatic heterocycles. The number of rotatable bonds is 9. The minimum Gasteiger partial charge on any atom is -0.436 e. The average Bonchev–Trinajstić information content (AvgIpc) is 3.89. The number of allylic oxidation sites excluding steroid dienone is 3. The molecule has 0 bridgehead atoms. The van der Waals surface area contributed by atoms with Gasteiger partial charge in [-0.3, -0.25) is 9.98 Å². The molecule has 0 aliphatic rings. The Labute approximate surface area is 315 Å². The Morgan fingerprint density at radius 3 is 1.64 bits per heavy atom. The van der Waals surface area contributed by atoms with Crippen LogP contribution >= 0.6 is 0 Å². The SMILES string of the molecule is C=N/C(=C\C=C/C)c1cc(-c2nc(-c3ccc4nc(-c5ccccc5)oc4c3)nc(-c3ccc4nc(-c5ccccc5)oc4c3)n2)cc(-c2ccccn2)n1. The number of aliphatic imine (C=N–C) groups is 1. The molecule has 9 aromatic rings. The van der Waals surface area contributed by atoms with Crippen LogP contribution in [0.1, 0.15) is 12.6 Å². The molecule has 0 unspecified atom stereocenters. The molecule has 0 aliphatic heterocycles. The number of hydrogen-bond donors (Lipinski definition) is 0. The van der Waals surface area contributed by atoms with E-state index in [1.165, 1.54) is 0 Å². The lowest BCUT2D eigenvalue weighted by Crippen LogP contribution is -2.02. The Bertz CT molecular complexity index is 2760. The molecule has 0 saturated heterocycles. The van der Waals surface area contributed by atoms with E-state index < -0.39 is 0 Å². The van der Waals surface area contributed by atoms with Gasteiger partial charge in [-0.25, -0.2) is 29.9 Å². The van der Waals surface area contributed by atoms with E-state index in [4.69, 9.17) is 38.7 Å². The zero-order valence-electron chi connectivity index (χ0n) is 29.5. The molecule has 9 rings (SSSR count). The maximum atomic E-state index is 6.24. The highest BCUT2D eigenvalue weighted by molar-refractivity contribution is 5.84. The first kappa shape index (κ1) is 33.1. The highest BCUT2D eigenvalue weighted by atomic mass is 16.4. The van der Waals surface area contributed by atoms with Gasteiger partial charge in [0.25, 0.3) is 0 Å². The minimum atomic E-state index is 0.417. The van der Waals surface area contributed by atoms with Gasteiger partial charge in [-0.05, 0) is 105 Å². The predicted molar refractivity (Wildman–Crippen MR) is 216 cm³/mol. The molecule has 5 heterocycles. The quantitative estimate of drug-likeness (QED) is 0.106. The summed E-state index contributed by atoms with van der Waals surface area (Å²) in [5.74, 6) is 2.35. The fraction of sp³-hybridized carbons (Fsp3) is 0.0222. The summed E-state index contributed by atoms with van der Waals surface area (Å²) in [6.45, 7) is 5.75. The molecule has 10 nitrogen and oxygen atoms in total. The summed E-state index contributed by atoms with van der Waals surface area (Å²) in [5.41, 5.74) is 9.04. The number of aromatic nitrogens is 7. The summed E-state index contributed by atoms with van der Waals surface area (Å²) in [6, 6.07) is 40.6. The van der Waals surface area contributed by atoms with Crippen molar-refractivity contribution in [3.05, 3.63) is 158 Å². The first-order chi connectivity index (χ1) is 27.1. The van der Waals surface area contributed by atoms with Crippen LogP contribution in [0.15, 0.2) is 166 Å². The Morgan fingerprint density at radius 1 is 0.545 bits per heavy atom. The monoisotopic (exact) mass is 714 g/mol. The second-order valence-corrected chi connectivity index (χ2v) is 12.5. The molecule has 0 saturated carbocycles. The average molecular weight is 715 g/mol. The minimum absolute atomic E-state index is 0.417. The van der Waals surface area contributed by atoms with Gasteiger partial charge in [0.15, 0.2) is 28.6 Å². The van der Waals surface area contributed by atoms with Gasteiger partial charge in [0.05, 0.1) is 22.8 Å². The van der Waals surface area contributed by atoms with Gasteiger partial charge in [-0.2, -0.15) is 0 Å². The first-order valence-electron chi connectivity index (χ1n) is 17.5. The molecule has 0 amide bonds. The number of hydrogen-bond acceptors (Lipinski definition) is 10. The van der Waals surface area contributed by atoms with E-state index in [0.29, 0.717) is 68.8 Å². The molecule has 0 radical (unpaired) electrons. The van der Waals surface area contributed by atoms with Crippen LogP contribution in [0, 0.1) is 0 Å². The van der Waals surface area contributed by atoms with E-state index in [1.54, 1.807) is 6.20 Å². The van der Waals surface area contributed by atoms with Crippen molar-refractivity contribution in [3.63, 3.8) is 0 Å². The van der Waals surface area contributed by atoms with Crippen molar-refractivity contribution >= 4 is 34.6 Å². The largest absolute Gasteiger partial charge is 0.436 e. The number of pyridine rings is 2. The zero-order valence-corrected chi connectivity index (χ0v) is 29.5. The van der Waals surface area contributed by atoms with Crippen LogP contribution < -0.4 is 0 Å². The molecule has 55 heavy (non-hydrogen) atoms. The van der Waals surface area contributed by atoms with Crippen molar-refractivity contribution in [2.75, 3.05) is 0 Å². The third-order valence-corrected chi connectivity index (χ3v) is 8.86. The van der Waals surface area contributed by atoms with Crippen LogP contribution in [0.5, 0.6) is 0 Å². The molecular formula is C45H30N8O2. The van der Waals surface area contributed by atoms with E-state index in [-0.39, 0.29) is 0 Å². The molecule has 10 heteroatoms. The summed E-state index contributed by atoms with van der Waals surface area (Å²) >= 11 is 0. The van der Waals surface area contributed by atoms with Gasteiger partial charge < -0.3 is 8.83 Å². The van der Waals surface area contributed by atoms with Gasteiger partial charge in [0.2, 0.25) is 11.8 Å². The maximum Gasteiger partial charge on any atom is 0.227 e. The third-order valence-electron chi connectivity index (χ3n) is 8.86. The van der Waals surface area contributed by atoms with Crippen LogP contribution in [-0.4, -0.2) is 41.6 Å². The van der Waals surface area contributed by atoms with Gasteiger partial charge in [-0.15, -0.1) is 0 Å². The highest BCUT2D eigenvalue weighted by Crippen LogP contribution is 2.33. The van der Waals surface area contributed by atoms with Crippen molar-refractivity contribution < 1.29 is 8.83 Å². The summed E-state index contributed by atoms with van der Waals surface area (Å²) < 4.78 is 12.5. The predicted octanol–water partition coefficient (Wildman–Crippen LogP) is 10.6. The van der Waals surface area contributed by atoms with Gasteiger partial charge in [-0.1, -0.05) is 54.6 Å². The first-order valence-corrected chi connectivity index (χ1v) is 17.5. The Kier molecular flexibility index (Phi) is 8.65. The normalized spacial score (nSPS) is 11.8. The lowest BCUT2D eigenvalue weighted by Gasteiger charge is -2.11. The molecular weight excluding hydrogens is 685 g/mol. The van der Waals surface area contributed by atoms with Crippen molar-refractivity contribution in [2.24, 2.45) is 4.99 Å². The number of fused-ring (bicyclic) bond motifs is 2. The smallest absolute Gasteiger partial charge is 0.227 e. The van der Waals surface area contributed by atoms with Gasteiger partial charge in [0, 0.05) is 34.0 Å². The number of oxazole rings is 2. The van der Waals surface area contributed by atoms with Crippen LogP contribution in [0.3, 0.4) is 0 Å². The molecule has 0 spiro atoms. The number of benzene rings is 4. The van der Waals surface area contributed by atoms with E-state index >= 15 is 0 Å². The summed E-state index contributed by atoms with van der Waals surface area (Å²) in [4.78, 5) is 38.4. The summed E-state index contributed by atoms with van der Waals surface area (Å²) in [5, 5.41) is 0. The van der Waals surface area contributed by atoms with Crippen LogP contribution in [0.4, 0.5) is 0 Å². The van der Waals surface area contributed by atoms with Crippen LogP contribution in [0.25, 0.3) is 96.4 Å². The van der Waals surface area contributed by atoms with E-state index in [2.05, 4.69) is 16.7 Å². The van der Waals surface area contributed by atoms with Crippen molar-refractivity contribution in [1.82, 2.24) is 34.9 Å². The molecule has 262 valence electrons. The topological polar surface area (TPSA) is 129 Å². The maximum absolute atomic E-state index is 6.24. The fourth-order valence-electron chi connectivity index (χ4n) is 6.14. The van der Waals surface area contributed by atoms with E-state index in [9.17, 15) is 0 Å². The molecule has 4 aromatic carbocycles. The lowest BCUT2D eigenvalue weighted by atomic mass is 10.1. The van der Waals surface area contributed by atoms with E-state index in [1.807, 2.05) is 153 Å². The van der Waals surface area contributed by atoms with E-state index in [0.717, 1.165) is 33.3 Å². The highest BCUT2D eigenvalue weighted by Gasteiger charge is 2.19. The Balaban J connectivity index is 1.23. The fourth-order valence-corrected chi connectivity index (χ4v) is 6.14. The van der Waals surface area contributed by atoms with Crippen LogP contribution in [-0.2, 0) is 0 Å². The zero-order chi connectivity index (χ0) is 37.1. The molecule has 0 fully saturated rings. The van der Waals surface area contributed by atoms with Crippen molar-refractivity contribution in [1.29, 1.82) is 0 Å². The second-order valence-electron chi connectivity index (χ2n) is 12.5. The molecule has 0 atom stereocenters. The molecule has 0 N–H and O–H groups in total. The second kappa shape index (κ2) is 14.4. The summed E-state index contributed by atoms with van der Waals surface area (Å²) in [6.07, 6.45) is 7.40. The Morgan fingerprint density at radius 2 is 1.11 bits per heavy atom. The standard InChI is InChI=1S/C45H30N8O2/c1-3-4-17-33(46-2)37-24-32(25-38(48-37)34-18-11-12-23-47-34)43-52-41(30-19-21-35-39(26-30)54-44(49-35)28-13-7-5-8-14-28)51-42(53-43)31-20-22-36-40(27-31)55-45(50-36)29-15-9-6-10-16-29/h3-27H,2H2,1H3/b4-3-,33-17-. The number of nitrogens with zero attached hydrogens (tertiary/aromatic N) is 8. The van der Waals surface area contributed by atoms with Gasteiger partial charge >= 0.3 is 0 Å².